The summed E-state index contributed by atoms with van der Waals surface area (Å²) >= 11 is 3.58. The molecule has 6 nitrogen and oxygen atoms in total. The maximum Gasteiger partial charge on any atom is 0.245 e. The fourth-order valence-electron chi connectivity index (χ4n) is 2.28. The van der Waals surface area contributed by atoms with Crippen molar-refractivity contribution in [2.75, 3.05) is 5.32 Å². The highest BCUT2D eigenvalue weighted by atomic mass is 79.9. The molecule has 2 aliphatic rings. The number of aromatic hydroxyl groups is 1. The van der Waals surface area contributed by atoms with Crippen LogP contribution in [0.15, 0.2) is 18.3 Å². The largest absolute Gasteiger partial charge is 0.504 e. The summed E-state index contributed by atoms with van der Waals surface area (Å²) < 4.78 is 0. The van der Waals surface area contributed by atoms with Crippen molar-refractivity contribution < 1.29 is 9.90 Å². The SMILES string of the molecule is O=C(Nc1ncccc1O)C1NNC(C2CC2)C1Br. The Kier molecular flexibility index (Phi) is 3.42. The van der Waals surface area contributed by atoms with E-state index in [-0.39, 0.29) is 34.4 Å². The minimum absolute atomic E-state index is 0.0332. The number of nitrogens with one attached hydrogen (secondary N) is 3. The summed E-state index contributed by atoms with van der Waals surface area (Å²) in [4.78, 5) is 16.1. The number of carbonyl (C=O) groups is 1. The first-order valence-corrected chi connectivity index (χ1v) is 7.18. The van der Waals surface area contributed by atoms with Crippen LogP contribution < -0.4 is 16.2 Å². The van der Waals surface area contributed by atoms with Gasteiger partial charge in [0.1, 0.15) is 6.04 Å². The molecule has 1 aromatic heterocycles. The lowest BCUT2D eigenvalue weighted by Crippen LogP contribution is -2.42. The molecule has 2 heterocycles. The van der Waals surface area contributed by atoms with Gasteiger partial charge in [0, 0.05) is 12.2 Å². The van der Waals surface area contributed by atoms with Crippen molar-refractivity contribution in [3.8, 4) is 5.75 Å². The van der Waals surface area contributed by atoms with E-state index in [0.29, 0.717) is 5.92 Å². The summed E-state index contributed by atoms with van der Waals surface area (Å²) in [5.74, 6) is 0.569. The highest BCUT2D eigenvalue weighted by Crippen LogP contribution is 2.38. The molecule has 0 aromatic carbocycles. The van der Waals surface area contributed by atoms with Crippen molar-refractivity contribution in [1.82, 2.24) is 15.8 Å². The maximum atomic E-state index is 12.2. The highest BCUT2D eigenvalue weighted by molar-refractivity contribution is 9.09. The van der Waals surface area contributed by atoms with Crippen LogP contribution in [0.2, 0.25) is 0 Å². The Labute approximate surface area is 119 Å². The molecule has 1 saturated carbocycles. The van der Waals surface area contributed by atoms with Crippen molar-refractivity contribution >= 4 is 27.7 Å². The van der Waals surface area contributed by atoms with Crippen LogP contribution in [-0.4, -0.2) is 32.9 Å². The van der Waals surface area contributed by atoms with Gasteiger partial charge in [0.25, 0.3) is 0 Å². The van der Waals surface area contributed by atoms with Gasteiger partial charge in [-0.1, -0.05) is 15.9 Å². The number of anilines is 1. The number of nitrogens with zero attached hydrogens (tertiary/aromatic N) is 1. The minimum Gasteiger partial charge on any atom is -0.504 e. The molecule has 2 fully saturated rings. The van der Waals surface area contributed by atoms with Crippen LogP contribution >= 0.6 is 15.9 Å². The van der Waals surface area contributed by atoms with E-state index in [4.69, 9.17) is 0 Å². The Morgan fingerprint density at radius 2 is 2.26 bits per heavy atom. The lowest BCUT2D eigenvalue weighted by atomic mass is 10.1. The fourth-order valence-corrected chi connectivity index (χ4v) is 3.22. The van der Waals surface area contributed by atoms with Gasteiger partial charge in [0.15, 0.2) is 11.6 Å². The predicted octanol–water partition coefficient (Wildman–Crippen LogP) is 0.744. The van der Waals surface area contributed by atoms with Gasteiger partial charge in [-0.3, -0.25) is 10.2 Å². The zero-order valence-corrected chi connectivity index (χ0v) is 11.7. The first-order chi connectivity index (χ1) is 9.16. The van der Waals surface area contributed by atoms with E-state index < -0.39 is 0 Å². The first kappa shape index (κ1) is 12.8. The second-order valence-electron chi connectivity index (χ2n) is 4.93. The average Bonchev–Trinajstić information content (AvgIpc) is 3.15. The zero-order valence-electron chi connectivity index (χ0n) is 10.1. The molecular weight excluding hydrogens is 312 g/mol. The van der Waals surface area contributed by atoms with Gasteiger partial charge < -0.3 is 10.4 Å². The van der Waals surface area contributed by atoms with Crippen LogP contribution in [0.4, 0.5) is 5.82 Å². The third-order valence-electron chi connectivity index (χ3n) is 3.51. The molecule has 0 radical (unpaired) electrons. The van der Waals surface area contributed by atoms with Gasteiger partial charge >= 0.3 is 0 Å². The number of pyridine rings is 1. The van der Waals surface area contributed by atoms with Crippen LogP contribution in [-0.2, 0) is 4.79 Å². The Hall–Kier alpha value is -1.18. The lowest BCUT2D eigenvalue weighted by molar-refractivity contribution is -0.117. The molecule has 0 spiro atoms. The summed E-state index contributed by atoms with van der Waals surface area (Å²) in [6.07, 6.45) is 3.93. The van der Waals surface area contributed by atoms with Crippen molar-refractivity contribution in [2.45, 2.75) is 29.8 Å². The number of amides is 1. The third-order valence-corrected chi connectivity index (χ3v) is 4.61. The summed E-state index contributed by atoms with van der Waals surface area (Å²) in [6, 6.07) is 2.98. The molecule has 7 heteroatoms. The number of hydrazine groups is 1. The molecule has 1 aromatic rings. The molecule has 1 aliphatic carbocycles. The second-order valence-corrected chi connectivity index (χ2v) is 5.99. The molecular formula is C12H15BrN4O2. The molecule has 1 saturated heterocycles. The molecule has 3 atom stereocenters. The molecule has 0 bridgehead atoms. The van der Waals surface area contributed by atoms with Gasteiger partial charge in [0.05, 0.1) is 4.83 Å². The van der Waals surface area contributed by atoms with Gasteiger partial charge in [-0.15, -0.1) is 0 Å². The molecule has 19 heavy (non-hydrogen) atoms. The second kappa shape index (κ2) is 5.07. The Morgan fingerprint density at radius 3 is 2.95 bits per heavy atom. The van der Waals surface area contributed by atoms with Gasteiger partial charge in [-0.2, -0.15) is 0 Å². The van der Waals surface area contributed by atoms with Crippen LogP contribution in [0.25, 0.3) is 0 Å². The molecule has 102 valence electrons. The number of hydrogen-bond donors (Lipinski definition) is 4. The number of halogens is 1. The van der Waals surface area contributed by atoms with E-state index in [9.17, 15) is 9.90 Å². The zero-order chi connectivity index (χ0) is 13.4. The van der Waals surface area contributed by atoms with Crippen LogP contribution in [0.5, 0.6) is 5.75 Å². The number of rotatable bonds is 3. The molecule has 4 N–H and O–H groups in total. The smallest absolute Gasteiger partial charge is 0.245 e. The van der Waals surface area contributed by atoms with Crippen LogP contribution in [0.3, 0.4) is 0 Å². The monoisotopic (exact) mass is 326 g/mol. The standard InChI is InChI=1S/C12H15BrN4O2/c13-8-9(6-3-4-6)16-17-10(8)12(19)15-11-7(18)2-1-5-14-11/h1-2,5-6,8-10,16-18H,3-4H2,(H,14,15,19). The summed E-state index contributed by atoms with van der Waals surface area (Å²) in [5.41, 5.74) is 6.16. The van der Waals surface area contributed by atoms with Crippen molar-refractivity contribution in [3.05, 3.63) is 18.3 Å². The quantitative estimate of drug-likeness (QED) is 0.616. The Morgan fingerprint density at radius 1 is 1.47 bits per heavy atom. The topological polar surface area (TPSA) is 86.3 Å². The fraction of sp³-hybridized carbons (Fsp3) is 0.500. The van der Waals surface area contributed by atoms with Crippen molar-refractivity contribution in [3.63, 3.8) is 0 Å². The maximum absolute atomic E-state index is 12.2. The number of aromatic nitrogens is 1. The van der Waals surface area contributed by atoms with E-state index >= 15 is 0 Å². The number of alkyl halides is 1. The minimum atomic E-state index is -0.382. The lowest BCUT2D eigenvalue weighted by Gasteiger charge is -2.16. The van der Waals surface area contributed by atoms with E-state index in [1.807, 2.05) is 0 Å². The van der Waals surface area contributed by atoms with Crippen molar-refractivity contribution in [1.29, 1.82) is 0 Å². The first-order valence-electron chi connectivity index (χ1n) is 6.27. The molecule has 1 amide bonds. The Bertz CT molecular complexity index is 494. The third kappa shape index (κ3) is 2.58. The average molecular weight is 327 g/mol. The number of hydrogen-bond acceptors (Lipinski definition) is 5. The highest BCUT2D eigenvalue weighted by Gasteiger charge is 2.45. The van der Waals surface area contributed by atoms with Crippen LogP contribution in [0, 0.1) is 5.92 Å². The Balaban J connectivity index is 1.66. The summed E-state index contributed by atoms with van der Waals surface area (Å²) in [6.45, 7) is 0. The normalized spacial score (nSPS) is 30.3. The van der Waals surface area contributed by atoms with Gasteiger partial charge in [0.2, 0.25) is 5.91 Å². The molecule has 3 unspecified atom stereocenters. The van der Waals surface area contributed by atoms with E-state index in [1.54, 1.807) is 6.07 Å². The summed E-state index contributed by atoms with van der Waals surface area (Å²) in [5, 5.41) is 12.2. The summed E-state index contributed by atoms with van der Waals surface area (Å²) in [7, 11) is 0. The van der Waals surface area contributed by atoms with E-state index in [2.05, 4.69) is 37.1 Å². The molecule has 3 rings (SSSR count). The van der Waals surface area contributed by atoms with Crippen molar-refractivity contribution in [2.24, 2.45) is 5.92 Å². The number of carbonyl (C=O) groups excluding carboxylic acids is 1. The molecule has 1 aliphatic heterocycles. The van der Waals surface area contributed by atoms with E-state index in [1.165, 1.54) is 25.1 Å². The van der Waals surface area contributed by atoms with Gasteiger partial charge in [-0.25, -0.2) is 10.4 Å². The van der Waals surface area contributed by atoms with Gasteiger partial charge in [-0.05, 0) is 30.9 Å². The predicted molar refractivity (Wildman–Crippen MR) is 73.8 cm³/mol. The van der Waals surface area contributed by atoms with Crippen LogP contribution in [0.1, 0.15) is 12.8 Å². The van der Waals surface area contributed by atoms with E-state index in [0.717, 1.165) is 0 Å².